The maximum Gasteiger partial charge on any atom is 0.147 e. The lowest BCUT2D eigenvalue weighted by molar-refractivity contribution is 0.178. The van der Waals surface area contributed by atoms with Crippen LogP contribution < -0.4 is 0 Å². The fourth-order valence-electron chi connectivity index (χ4n) is 2.80. The summed E-state index contributed by atoms with van der Waals surface area (Å²) >= 11 is 0. The minimum atomic E-state index is -2.89. The summed E-state index contributed by atoms with van der Waals surface area (Å²) in [5.74, 6) is 0.536. The highest BCUT2D eigenvalue weighted by Crippen LogP contribution is 2.20. The fraction of sp³-hybridized carbons (Fsp3) is 0.533. The van der Waals surface area contributed by atoms with E-state index in [9.17, 15) is 8.42 Å². The Labute approximate surface area is 120 Å². The van der Waals surface area contributed by atoms with E-state index in [-0.39, 0.29) is 11.7 Å². The molecule has 4 nitrogen and oxygen atoms in total. The predicted molar refractivity (Wildman–Crippen MR) is 78.9 cm³/mol. The van der Waals surface area contributed by atoms with Crippen molar-refractivity contribution in [3.8, 4) is 6.07 Å². The van der Waals surface area contributed by atoms with Gasteiger partial charge in [-0.2, -0.15) is 5.26 Å². The van der Waals surface area contributed by atoms with Crippen LogP contribution in [0.1, 0.15) is 24.0 Å². The van der Waals surface area contributed by atoms with Crippen LogP contribution in [0.15, 0.2) is 24.3 Å². The van der Waals surface area contributed by atoms with E-state index in [1.165, 1.54) is 11.8 Å². The van der Waals surface area contributed by atoms with Crippen molar-refractivity contribution in [3.05, 3.63) is 35.4 Å². The molecule has 1 aromatic rings. The monoisotopic (exact) mass is 292 g/mol. The zero-order chi connectivity index (χ0) is 14.6. The molecule has 2 rings (SSSR count). The molecule has 0 aromatic heterocycles. The molecule has 20 heavy (non-hydrogen) atoms. The van der Waals surface area contributed by atoms with E-state index in [0.717, 1.165) is 32.5 Å². The van der Waals surface area contributed by atoms with Crippen molar-refractivity contribution < 1.29 is 8.42 Å². The van der Waals surface area contributed by atoms with Crippen LogP contribution in [0.4, 0.5) is 0 Å². The van der Waals surface area contributed by atoms with Gasteiger partial charge in [0.2, 0.25) is 0 Å². The standard InChI is InChI=1S/C15H20N2O2S/c1-20(18,19)12-15-3-2-8-17(11-15)10-14-6-4-13(9-16)5-7-14/h4-7,15H,2-3,8,10-12H2,1H3/t15-/m1/s1. The Morgan fingerprint density at radius 3 is 2.65 bits per heavy atom. The molecule has 1 aliphatic heterocycles. The van der Waals surface area contributed by atoms with Crippen LogP contribution in [-0.2, 0) is 16.4 Å². The summed E-state index contributed by atoms with van der Waals surface area (Å²) in [6, 6.07) is 9.71. The zero-order valence-corrected chi connectivity index (χ0v) is 12.6. The Balaban J connectivity index is 1.94. The molecular weight excluding hydrogens is 272 g/mol. The van der Waals surface area contributed by atoms with Crippen molar-refractivity contribution in [2.45, 2.75) is 19.4 Å². The smallest absolute Gasteiger partial charge is 0.147 e. The van der Waals surface area contributed by atoms with Crippen LogP contribution in [0, 0.1) is 17.2 Å². The van der Waals surface area contributed by atoms with Gasteiger partial charge in [0.25, 0.3) is 0 Å². The third-order valence-electron chi connectivity index (χ3n) is 3.63. The highest BCUT2D eigenvalue weighted by Gasteiger charge is 2.23. The highest BCUT2D eigenvalue weighted by molar-refractivity contribution is 7.90. The topological polar surface area (TPSA) is 61.2 Å². The van der Waals surface area contributed by atoms with E-state index >= 15 is 0 Å². The van der Waals surface area contributed by atoms with E-state index in [1.54, 1.807) is 0 Å². The number of likely N-dealkylation sites (tertiary alicyclic amines) is 1. The van der Waals surface area contributed by atoms with Crippen LogP contribution in [0.2, 0.25) is 0 Å². The molecule has 1 aromatic carbocycles. The van der Waals surface area contributed by atoms with Crippen molar-refractivity contribution >= 4 is 9.84 Å². The van der Waals surface area contributed by atoms with Gasteiger partial charge in [-0.25, -0.2) is 8.42 Å². The quantitative estimate of drug-likeness (QED) is 0.849. The number of sulfone groups is 1. The molecule has 0 N–H and O–H groups in total. The van der Waals surface area contributed by atoms with E-state index < -0.39 is 9.84 Å². The van der Waals surface area contributed by atoms with E-state index in [0.29, 0.717) is 5.56 Å². The van der Waals surface area contributed by atoms with Gasteiger partial charge in [-0.3, -0.25) is 4.90 Å². The Kier molecular flexibility index (Phi) is 4.79. The van der Waals surface area contributed by atoms with Crippen LogP contribution >= 0.6 is 0 Å². The van der Waals surface area contributed by atoms with Gasteiger partial charge in [0.1, 0.15) is 9.84 Å². The zero-order valence-electron chi connectivity index (χ0n) is 11.7. The van der Waals surface area contributed by atoms with Gasteiger partial charge < -0.3 is 0 Å². The van der Waals surface area contributed by atoms with Gasteiger partial charge in [0, 0.05) is 19.3 Å². The lowest BCUT2D eigenvalue weighted by Gasteiger charge is -2.32. The van der Waals surface area contributed by atoms with Crippen LogP contribution in [0.5, 0.6) is 0 Å². The maximum atomic E-state index is 11.4. The molecule has 1 heterocycles. The van der Waals surface area contributed by atoms with E-state index in [4.69, 9.17) is 5.26 Å². The predicted octanol–water partition coefficient (Wildman–Crippen LogP) is 1.81. The van der Waals surface area contributed by atoms with Gasteiger partial charge in [-0.05, 0) is 43.0 Å². The normalized spacial score (nSPS) is 20.5. The molecule has 1 fully saturated rings. The largest absolute Gasteiger partial charge is 0.299 e. The van der Waals surface area contributed by atoms with E-state index in [1.807, 2.05) is 24.3 Å². The minimum Gasteiger partial charge on any atom is -0.299 e. The first-order chi connectivity index (χ1) is 9.46. The SMILES string of the molecule is CS(=O)(=O)C[C@@H]1CCCN(Cc2ccc(C#N)cc2)C1. The second-order valence-electron chi connectivity index (χ2n) is 5.64. The van der Waals surface area contributed by atoms with Crippen LogP contribution in [-0.4, -0.2) is 38.4 Å². The summed E-state index contributed by atoms with van der Waals surface area (Å²) in [5, 5.41) is 8.78. The summed E-state index contributed by atoms with van der Waals surface area (Å²) in [4.78, 5) is 2.31. The van der Waals surface area contributed by atoms with Crippen molar-refractivity contribution in [2.24, 2.45) is 5.92 Å². The number of nitrogens with zero attached hydrogens (tertiary/aromatic N) is 2. The van der Waals surface area contributed by atoms with Gasteiger partial charge in [0.15, 0.2) is 0 Å². The summed E-state index contributed by atoms with van der Waals surface area (Å²) in [7, 11) is -2.89. The molecule has 0 radical (unpaired) electrons. The third-order valence-corrected chi connectivity index (χ3v) is 4.71. The first-order valence-electron chi connectivity index (χ1n) is 6.85. The molecule has 0 amide bonds. The summed E-state index contributed by atoms with van der Waals surface area (Å²) in [6.45, 7) is 2.68. The Bertz CT molecular complexity index is 587. The molecular formula is C15H20N2O2S. The molecule has 1 saturated heterocycles. The molecule has 1 atom stereocenters. The second-order valence-corrected chi connectivity index (χ2v) is 7.83. The van der Waals surface area contributed by atoms with Gasteiger partial charge >= 0.3 is 0 Å². The molecule has 0 bridgehead atoms. The number of hydrogen-bond donors (Lipinski definition) is 0. The lowest BCUT2D eigenvalue weighted by atomic mass is 9.99. The van der Waals surface area contributed by atoms with E-state index in [2.05, 4.69) is 11.0 Å². The molecule has 0 spiro atoms. The summed E-state index contributed by atoms with van der Waals surface area (Å²) in [6.07, 6.45) is 3.36. The molecule has 0 saturated carbocycles. The van der Waals surface area contributed by atoms with Gasteiger partial charge in [0.05, 0.1) is 17.4 Å². The Morgan fingerprint density at radius 2 is 2.05 bits per heavy atom. The third kappa shape index (κ3) is 4.62. The summed E-state index contributed by atoms with van der Waals surface area (Å²) < 4.78 is 22.8. The van der Waals surface area contributed by atoms with Crippen molar-refractivity contribution in [2.75, 3.05) is 25.1 Å². The number of hydrogen-bond acceptors (Lipinski definition) is 4. The van der Waals surface area contributed by atoms with Crippen molar-refractivity contribution in [1.29, 1.82) is 5.26 Å². The van der Waals surface area contributed by atoms with Crippen LogP contribution in [0.25, 0.3) is 0 Å². The highest BCUT2D eigenvalue weighted by atomic mass is 32.2. The molecule has 0 unspecified atom stereocenters. The maximum absolute atomic E-state index is 11.4. The molecule has 5 heteroatoms. The fourth-order valence-corrected chi connectivity index (χ4v) is 3.93. The average molecular weight is 292 g/mol. The molecule has 108 valence electrons. The van der Waals surface area contributed by atoms with Crippen LogP contribution in [0.3, 0.4) is 0 Å². The van der Waals surface area contributed by atoms with Gasteiger partial charge in [-0.15, -0.1) is 0 Å². The Morgan fingerprint density at radius 1 is 1.35 bits per heavy atom. The number of rotatable bonds is 4. The minimum absolute atomic E-state index is 0.247. The average Bonchev–Trinajstić information content (AvgIpc) is 2.38. The van der Waals surface area contributed by atoms with Crippen molar-refractivity contribution in [3.63, 3.8) is 0 Å². The molecule has 0 aliphatic carbocycles. The summed E-state index contributed by atoms with van der Waals surface area (Å²) in [5.41, 5.74) is 1.84. The van der Waals surface area contributed by atoms with Gasteiger partial charge in [-0.1, -0.05) is 12.1 Å². The first kappa shape index (κ1) is 15.0. The number of benzene rings is 1. The number of piperidine rings is 1. The molecule has 1 aliphatic rings. The lowest BCUT2D eigenvalue weighted by Crippen LogP contribution is -2.37. The Hall–Kier alpha value is -1.38. The van der Waals surface area contributed by atoms with Crippen molar-refractivity contribution in [1.82, 2.24) is 4.90 Å². The number of nitriles is 1. The second kappa shape index (κ2) is 6.38. The first-order valence-corrected chi connectivity index (χ1v) is 8.91.